The van der Waals surface area contributed by atoms with E-state index in [9.17, 15) is 22.8 Å². The molecule has 0 heterocycles. The zero-order valence-electron chi connectivity index (χ0n) is 11.2. The van der Waals surface area contributed by atoms with Crippen LogP contribution in [0.5, 0.6) is 0 Å². The van der Waals surface area contributed by atoms with Crippen LogP contribution in [0.2, 0.25) is 0 Å². The zero-order chi connectivity index (χ0) is 16.0. The first-order valence-corrected chi connectivity index (χ1v) is 6.03. The summed E-state index contributed by atoms with van der Waals surface area (Å²) < 4.78 is 41.6. The normalized spacial score (nSPS) is 12.8. The highest BCUT2D eigenvalue weighted by atomic mass is 19.4. The maximum Gasteiger partial charge on any atom is 0.414 e. The Morgan fingerprint density at radius 1 is 1.29 bits per heavy atom. The summed E-state index contributed by atoms with van der Waals surface area (Å²) in [5, 5.41) is 2.43. The third-order valence-corrected chi connectivity index (χ3v) is 2.74. The molecular formula is C13H15F3N2O3. The van der Waals surface area contributed by atoms with E-state index in [1.165, 1.54) is 24.3 Å². The Morgan fingerprint density at radius 3 is 2.29 bits per heavy atom. The molecule has 2 amide bonds. The number of nitrogens with one attached hydrogen (secondary N) is 1. The van der Waals surface area contributed by atoms with Gasteiger partial charge < -0.3 is 15.8 Å². The first kappa shape index (κ1) is 17.0. The van der Waals surface area contributed by atoms with Crippen LogP contribution in [-0.4, -0.2) is 31.2 Å². The number of alkyl halides is 3. The van der Waals surface area contributed by atoms with Crippen molar-refractivity contribution in [3.8, 4) is 0 Å². The molecule has 0 aliphatic heterocycles. The number of hydrogen-bond donors (Lipinski definition) is 2. The van der Waals surface area contributed by atoms with E-state index in [-0.39, 0.29) is 12.0 Å². The van der Waals surface area contributed by atoms with Crippen molar-refractivity contribution in [3.05, 3.63) is 29.8 Å². The molecule has 0 aliphatic rings. The lowest BCUT2D eigenvalue weighted by molar-refractivity contribution is -0.214. The lowest BCUT2D eigenvalue weighted by Gasteiger charge is -2.18. The number of carbonyl (C=O) groups is 2. The first-order chi connectivity index (χ1) is 9.74. The molecule has 0 spiro atoms. The van der Waals surface area contributed by atoms with Crippen LogP contribution in [0.4, 0.5) is 18.9 Å². The molecule has 0 aliphatic carbocycles. The van der Waals surface area contributed by atoms with Crippen LogP contribution in [0.15, 0.2) is 24.3 Å². The molecule has 3 N–H and O–H groups in total. The Balaban J connectivity index is 2.52. The van der Waals surface area contributed by atoms with Crippen molar-refractivity contribution in [1.82, 2.24) is 0 Å². The van der Waals surface area contributed by atoms with Gasteiger partial charge in [0, 0.05) is 24.8 Å². The molecule has 1 aromatic carbocycles. The van der Waals surface area contributed by atoms with E-state index in [2.05, 4.69) is 10.1 Å². The maximum absolute atomic E-state index is 12.4. The van der Waals surface area contributed by atoms with Gasteiger partial charge in [0.25, 0.3) is 0 Å². The van der Waals surface area contributed by atoms with Gasteiger partial charge >= 0.3 is 6.18 Å². The average Bonchev–Trinajstić information content (AvgIpc) is 2.38. The van der Waals surface area contributed by atoms with Crippen LogP contribution in [-0.2, 0) is 9.53 Å². The van der Waals surface area contributed by atoms with Gasteiger partial charge in [-0.3, -0.25) is 9.59 Å². The van der Waals surface area contributed by atoms with Crippen LogP contribution in [0.1, 0.15) is 23.2 Å². The third-order valence-electron chi connectivity index (χ3n) is 2.74. The third kappa shape index (κ3) is 5.42. The molecule has 1 aromatic rings. The second-order valence-electron chi connectivity index (χ2n) is 4.29. The Morgan fingerprint density at radius 2 is 1.86 bits per heavy atom. The minimum Gasteiger partial charge on any atom is -0.372 e. The number of halogens is 3. The lowest BCUT2D eigenvalue weighted by atomic mass is 10.1. The molecule has 8 heteroatoms. The van der Waals surface area contributed by atoms with E-state index in [0.29, 0.717) is 5.69 Å². The van der Waals surface area contributed by atoms with Gasteiger partial charge in [-0.05, 0) is 30.7 Å². The van der Waals surface area contributed by atoms with Crippen LogP contribution in [0.25, 0.3) is 0 Å². The lowest BCUT2D eigenvalue weighted by Crippen LogP contribution is -2.31. The van der Waals surface area contributed by atoms with Crippen molar-refractivity contribution >= 4 is 17.5 Å². The monoisotopic (exact) mass is 304 g/mol. The molecular weight excluding hydrogens is 289 g/mol. The van der Waals surface area contributed by atoms with E-state index in [4.69, 9.17) is 5.73 Å². The second-order valence-corrected chi connectivity index (χ2v) is 4.29. The van der Waals surface area contributed by atoms with Crippen molar-refractivity contribution < 1.29 is 27.5 Å². The van der Waals surface area contributed by atoms with E-state index in [1.54, 1.807) is 0 Å². The second kappa shape index (κ2) is 7.07. The van der Waals surface area contributed by atoms with E-state index in [0.717, 1.165) is 7.11 Å². The fourth-order valence-corrected chi connectivity index (χ4v) is 1.62. The zero-order valence-corrected chi connectivity index (χ0v) is 11.2. The number of methoxy groups -OCH3 is 1. The number of amides is 2. The molecule has 0 fully saturated rings. The highest BCUT2D eigenvalue weighted by Gasteiger charge is 2.39. The summed E-state index contributed by atoms with van der Waals surface area (Å²) in [6.45, 7) is 0. The predicted molar refractivity (Wildman–Crippen MR) is 69.7 cm³/mol. The number of carbonyl (C=O) groups excluding carboxylic acids is 2. The van der Waals surface area contributed by atoms with Gasteiger partial charge in [-0.2, -0.15) is 13.2 Å². The quantitative estimate of drug-likeness (QED) is 0.844. The number of nitrogens with two attached hydrogens (primary N) is 1. The highest BCUT2D eigenvalue weighted by molar-refractivity contribution is 5.94. The summed E-state index contributed by atoms with van der Waals surface area (Å²) in [7, 11) is 0.943. The summed E-state index contributed by atoms with van der Waals surface area (Å²) in [6, 6.07) is 5.70. The SMILES string of the molecule is CO[C@H](CCC(=O)Nc1ccc(C(N)=O)cc1)C(F)(F)F. The molecule has 0 aromatic heterocycles. The number of ether oxygens (including phenoxy) is 1. The summed E-state index contributed by atoms with van der Waals surface area (Å²) in [6.07, 6.45) is -7.28. The van der Waals surface area contributed by atoms with Crippen molar-refractivity contribution in [3.63, 3.8) is 0 Å². The van der Waals surface area contributed by atoms with Crippen molar-refractivity contribution in [1.29, 1.82) is 0 Å². The molecule has 0 saturated carbocycles. The molecule has 5 nitrogen and oxygen atoms in total. The summed E-state index contributed by atoms with van der Waals surface area (Å²) >= 11 is 0. The van der Waals surface area contributed by atoms with Crippen molar-refractivity contribution in [2.24, 2.45) is 5.73 Å². The molecule has 0 unspecified atom stereocenters. The summed E-state index contributed by atoms with van der Waals surface area (Å²) in [5.74, 6) is -1.19. The molecule has 1 atom stereocenters. The highest BCUT2D eigenvalue weighted by Crippen LogP contribution is 2.25. The maximum atomic E-state index is 12.4. The Kier molecular flexibility index (Phi) is 5.71. The first-order valence-electron chi connectivity index (χ1n) is 6.03. The van der Waals surface area contributed by atoms with E-state index in [1.807, 2.05) is 0 Å². The molecule has 116 valence electrons. The summed E-state index contributed by atoms with van der Waals surface area (Å²) in [4.78, 5) is 22.4. The topological polar surface area (TPSA) is 81.4 Å². The number of anilines is 1. The molecule has 0 bridgehead atoms. The molecule has 0 radical (unpaired) electrons. The standard InChI is InChI=1S/C13H15F3N2O3/c1-21-10(13(14,15)16)6-7-11(19)18-9-4-2-8(3-5-9)12(17)20/h2-5,10H,6-7H2,1H3,(H2,17,20)(H,18,19)/t10-/m1/s1. The van der Waals surface area contributed by atoms with E-state index < -0.39 is 30.5 Å². The van der Waals surface area contributed by atoms with Crippen LogP contribution >= 0.6 is 0 Å². The average molecular weight is 304 g/mol. The largest absolute Gasteiger partial charge is 0.414 e. The number of benzene rings is 1. The number of primary amides is 1. The Labute approximate surface area is 119 Å². The van der Waals surface area contributed by atoms with Crippen LogP contribution in [0, 0.1) is 0 Å². The predicted octanol–water partition coefficient (Wildman–Crippen LogP) is 2.08. The van der Waals surface area contributed by atoms with E-state index >= 15 is 0 Å². The van der Waals surface area contributed by atoms with Crippen molar-refractivity contribution in [2.45, 2.75) is 25.1 Å². The summed E-state index contributed by atoms with van der Waals surface area (Å²) in [5.41, 5.74) is 5.69. The Bertz CT molecular complexity index is 500. The van der Waals surface area contributed by atoms with Gasteiger partial charge in [0.15, 0.2) is 6.10 Å². The van der Waals surface area contributed by atoms with Gasteiger partial charge in [0.2, 0.25) is 11.8 Å². The molecule has 21 heavy (non-hydrogen) atoms. The molecule has 0 saturated heterocycles. The van der Waals surface area contributed by atoms with Gasteiger partial charge in [-0.25, -0.2) is 0 Å². The minimum absolute atomic E-state index is 0.268. The fraction of sp³-hybridized carbons (Fsp3) is 0.385. The van der Waals surface area contributed by atoms with Gasteiger partial charge in [0.05, 0.1) is 0 Å². The van der Waals surface area contributed by atoms with Gasteiger partial charge in [-0.15, -0.1) is 0 Å². The fourth-order valence-electron chi connectivity index (χ4n) is 1.62. The Hall–Kier alpha value is -2.09. The van der Waals surface area contributed by atoms with Crippen molar-refractivity contribution in [2.75, 3.05) is 12.4 Å². The van der Waals surface area contributed by atoms with Gasteiger partial charge in [-0.1, -0.05) is 0 Å². The van der Waals surface area contributed by atoms with Crippen LogP contribution < -0.4 is 11.1 Å². The smallest absolute Gasteiger partial charge is 0.372 e. The number of rotatable bonds is 6. The minimum atomic E-state index is -4.50. The number of hydrogen-bond acceptors (Lipinski definition) is 3. The van der Waals surface area contributed by atoms with Crippen LogP contribution in [0.3, 0.4) is 0 Å². The van der Waals surface area contributed by atoms with Gasteiger partial charge in [0.1, 0.15) is 0 Å². The molecule has 1 rings (SSSR count).